The Kier molecular flexibility index (Phi) is 2.57. The normalized spacial score (nSPS) is 16.0. The molecule has 0 unspecified atom stereocenters. The highest BCUT2D eigenvalue weighted by atomic mass is 16.5. The monoisotopic (exact) mass is 192 g/mol. The fourth-order valence-electron chi connectivity index (χ4n) is 1.94. The molecule has 1 aromatic heterocycles. The van der Waals surface area contributed by atoms with Crippen molar-refractivity contribution in [1.29, 1.82) is 0 Å². The first-order chi connectivity index (χ1) is 6.83. The fraction of sp³-hybridized carbons (Fsp3) is 0.545. The van der Waals surface area contributed by atoms with Gasteiger partial charge >= 0.3 is 0 Å². The van der Waals surface area contributed by atoms with Gasteiger partial charge in [-0.25, -0.2) is 4.98 Å². The van der Waals surface area contributed by atoms with Gasteiger partial charge in [-0.3, -0.25) is 0 Å². The van der Waals surface area contributed by atoms with Crippen LogP contribution < -0.4 is 9.64 Å². The van der Waals surface area contributed by atoms with Gasteiger partial charge in [-0.05, 0) is 31.4 Å². The van der Waals surface area contributed by atoms with Crippen molar-refractivity contribution in [2.75, 3.05) is 25.1 Å². The van der Waals surface area contributed by atoms with Crippen LogP contribution in [0.15, 0.2) is 12.3 Å². The van der Waals surface area contributed by atoms with E-state index in [2.05, 4.69) is 16.8 Å². The van der Waals surface area contributed by atoms with Gasteiger partial charge in [-0.1, -0.05) is 0 Å². The minimum Gasteiger partial charge on any atom is -0.493 e. The van der Waals surface area contributed by atoms with Gasteiger partial charge in [0.15, 0.2) is 11.6 Å². The Labute approximate surface area is 84.7 Å². The first-order valence-electron chi connectivity index (χ1n) is 5.07. The summed E-state index contributed by atoms with van der Waals surface area (Å²) in [5.74, 6) is 1.93. The highest BCUT2D eigenvalue weighted by molar-refractivity contribution is 5.56. The van der Waals surface area contributed by atoms with E-state index in [1.54, 1.807) is 7.11 Å². The molecule has 3 heteroatoms. The number of pyridine rings is 1. The standard InChI is InChI=1S/C11H16N2O/c1-9-5-6-12-11(10(9)14-2)13-7-3-4-8-13/h5-6H,3-4,7-8H2,1-2H3. The van der Waals surface area contributed by atoms with Crippen molar-refractivity contribution in [3.8, 4) is 5.75 Å². The van der Waals surface area contributed by atoms with Crippen molar-refractivity contribution < 1.29 is 4.74 Å². The quantitative estimate of drug-likeness (QED) is 0.716. The molecule has 2 heterocycles. The highest BCUT2D eigenvalue weighted by Gasteiger charge is 2.18. The summed E-state index contributed by atoms with van der Waals surface area (Å²) in [7, 11) is 1.71. The lowest BCUT2D eigenvalue weighted by atomic mass is 10.2. The molecule has 0 bridgehead atoms. The molecule has 0 atom stereocenters. The van der Waals surface area contributed by atoms with Crippen LogP contribution in [0.2, 0.25) is 0 Å². The van der Waals surface area contributed by atoms with E-state index in [-0.39, 0.29) is 0 Å². The maximum atomic E-state index is 5.38. The second-order valence-corrected chi connectivity index (χ2v) is 3.68. The molecule has 0 spiro atoms. The van der Waals surface area contributed by atoms with E-state index in [0.717, 1.165) is 30.2 Å². The third-order valence-corrected chi connectivity index (χ3v) is 2.69. The predicted octanol–water partition coefficient (Wildman–Crippen LogP) is 2.00. The van der Waals surface area contributed by atoms with Crippen LogP contribution in [0.4, 0.5) is 5.82 Å². The molecule has 0 N–H and O–H groups in total. The van der Waals surface area contributed by atoms with Crippen molar-refractivity contribution in [3.63, 3.8) is 0 Å². The van der Waals surface area contributed by atoms with Gasteiger partial charge in [-0.2, -0.15) is 0 Å². The van der Waals surface area contributed by atoms with Gasteiger partial charge in [0, 0.05) is 19.3 Å². The molecule has 0 amide bonds. The van der Waals surface area contributed by atoms with Crippen LogP contribution in [0.5, 0.6) is 5.75 Å². The molecule has 1 saturated heterocycles. The van der Waals surface area contributed by atoms with E-state index >= 15 is 0 Å². The number of anilines is 1. The second-order valence-electron chi connectivity index (χ2n) is 3.68. The predicted molar refractivity (Wildman–Crippen MR) is 57.0 cm³/mol. The molecule has 3 nitrogen and oxygen atoms in total. The van der Waals surface area contributed by atoms with Crippen molar-refractivity contribution in [3.05, 3.63) is 17.8 Å². The number of ether oxygens (including phenoxy) is 1. The average molecular weight is 192 g/mol. The molecule has 1 aliphatic rings. The molecule has 76 valence electrons. The largest absolute Gasteiger partial charge is 0.493 e. The van der Waals surface area contributed by atoms with Crippen LogP contribution in [0.1, 0.15) is 18.4 Å². The summed E-state index contributed by atoms with van der Waals surface area (Å²) in [6, 6.07) is 1.98. The number of hydrogen-bond acceptors (Lipinski definition) is 3. The Bertz CT molecular complexity index is 319. The Morgan fingerprint density at radius 3 is 2.71 bits per heavy atom. The van der Waals surface area contributed by atoms with Gasteiger partial charge < -0.3 is 9.64 Å². The first kappa shape index (κ1) is 9.31. The number of methoxy groups -OCH3 is 1. The van der Waals surface area contributed by atoms with Gasteiger partial charge in [0.1, 0.15) is 0 Å². The molecule has 0 radical (unpaired) electrons. The van der Waals surface area contributed by atoms with Crippen LogP contribution in [0.3, 0.4) is 0 Å². The van der Waals surface area contributed by atoms with E-state index in [9.17, 15) is 0 Å². The van der Waals surface area contributed by atoms with Gasteiger partial charge in [0.2, 0.25) is 0 Å². The van der Waals surface area contributed by atoms with E-state index in [4.69, 9.17) is 4.74 Å². The summed E-state index contributed by atoms with van der Waals surface area (Å²) in [6.07, 6.45) is 4.38. The summed E-state index contributed by atoms with van der Waals surface area (Å²) in [4.78, 5) is 6.69. The lowest BCUT2D eigenvalue weighted by molar-refractivity contribution is 0.410. The van der Waals surface area contributed by atoms with E-state index in [0.29, 0.717) is 0 Å². The van der Waals surface area contributed by atoms with Gasteiger partial charge in [0.05, 0.1) is 7.11 Å². The molecule has 0 saturated carbocycles. The van der Waals surface area contributed by atoms with Crippen molar-refractivity contribution in [1.82, 2.24) is 4.98 Å². The molecule has 14 heavy (non-hydrogen) atoms. The van der Waals surface area contributed by atoms with Crippen molar-refractivity contribution in [2.24, 2.45) is 0 Å². The molecule has 1 aliphatic heterocycles. The number of aryl methyl sites for hydroxylation is 1. The lowest BCUT2D eigenvalue weighted by Crippen LogP contribution is -2.20. The zero-order valence-electron chi connectivity index (χ0n) is 8.79. The number of aromatic nitrogens is 1. The van der Waals surface area contributed by atoms with E-state index in [1.165, 1.54) is 12.8 Å². The number of rotatable bonds is 2. The van der Waals surface area contributed by atoms with Crippen molar-refractivity contribution >= 4 is 5.82 Å². The molecular formula is C11H16N2O. The first-order valence-corrected chi connectivity index (χ1v) is 5.07. The third-order valence-electron chi connectivity index (χ3n) is 2.69. The minimum atomic E-state index is 0.925. The zero-order chi connectivity index (χ0) is 9.97. The van der Waals surface area contributed by atoms with Crippen LogP contribution in [-0.2, 0) is 0 Å². The van der Waals surface area contributed by atoms with Gasteiger partial charge in [-0.15, -0.1) is 0 Å². The number of hydrogen-bond donors (Lipinski definition) is 0. The topological polar surface area (TPSA) is 25.4 Å². The number of nitrogens with zero attached hydrogens (tertiary/aromatic N) is 2. The van der Waals surface area contributed by atoms with Gasteiger partial charge in [0.25, 0.3) is 0 Å². The van der Waals surface area contributed by atoms with Crippen molar-refractivity contribution in [2.45, 2.75) is 19.8 Å². The molecule has 2 rings (SSSR count). The maximum absolute atomic E-state index is 5.38. The minimum absolute atomic E-state index is 0.925. The lowest BCUT2D eigenvalue weighted by Gasteiger charge is -2.19. The molecule has 0 aromatic carbocycles. The SMILES string of the molecule is COc1c(C)ccnc1N1CCCC1. The summed E-state index contributed by atoms with van der Waals surface area (Å²) in [6.45, 7) is 4.26. The molecule has 1 aromatic rings. The summed E-state index contributed by atoms with van der Waals surface area (Å²) >= 11 is 0. The van der Waals surface area contributed by atoms with Crippen LogP contribution in [-0.4, -0.2) is 25.2 Å². The van der Waals surface area contributed by atoms with Crippen LogP contribution in [0.25, 0.3) is 0 Å². The highest BCUT2D eigenvalue weighted by Crippen LogP contribution is 2.30. The van der Waals surface area contributed by atoms with Crippen LogP contribution >= 0.6 is 0 Å². The van der Waals surface area contributed by atoms with E-state index < -0.39 is 0 Å². The Morgan fingerprint density at radius 2 is 2.07 bits per heavy atom. The smallest absolute Gasteiger partial charge is 0.171 e. The fourth-order valence-corrected chi connectivity index (χ4v) is 1.94. The second kappa shape index (κ2) is 3.86. The van der Waals surface area contributed by atoms with E-state index in [1.807, 2.05) is 12.3 Å². The Balaban J connectivity index is 2.35. The maximum Gasteiger partial charge on any atom is 0.171 e. The summed E-state index contributed by atoms with van der Waals surface area (Å²) < 4.78 is 5.38. The summed E-state index contributed by atoms with van der Waals surface area (Å²) in [5.41, 5.74) is 1.16. The Hall–Kier alpha value is -1.25. The third kappa shape index (κ3) is 1.54. The van der Waals surface area contributed by atoms with Crippen LogP contribution in [0, 0.1) is 6.92 Å². The average Bonchev–Trinajstić information content (AvgIpc) is 2.70. The zero-order valence-corrected chi connectivity index (χ0v) is 8.79. The summed E-state index contributed by atoms with van der Waals surface area (Å²) in [5, 5.41) is 0. The molecule has 0 aliphatic carbocycles. The molecular weight excluding hydrogens is 176 g/mol. The Morgan fingerprint density at radius 1 is 1.36 bits per heavy atom. The molecule has 1 fully saturated rings.